The van der Waals surface area contributed by atoms with Crippen LogP contribution in [0.15, 0.2) is 66.7 Å². The molecular weight excluding hydrogens is 565 g/mol. The van der Waals surface area contributed by atoms with Crippen LogP contribution in [0.4, 0.5) is 13.2 Å². The Labute approximate surface area is 269 Å². The Hall–Kier alpha value is -3.01. The minimum Gasteiger partial charge on any atom is -0.490 e. The molecule has 2 aliphatic carbocycles. The molecule has 3 aromatic carbocycles. The van der Waals surface area contributed by atoms with Crippen molar-refractivity contribution in [2.24, 2.45) is 17.8 Å². The van der Waals surface area contributed by atoms with Crippen molar-refractivity contribution >= 4 is 0 Å². The second-order valence-electron chi connectivity index (χ2n) is 13.5. The molecule has 0 heterocycles. The van der Waals surface area contributed by atoms with Gasteiger partial charge in [-0.05, 0) is 129 Å². The van der Waals surface area contributed by atoms with Crippen LogP contribution in [0, 0.1) is 35.2 Å². The summed E-state index contributed by atoms with van der Waals surface area (Å²) in [4.78, 5) is 0. The van der Waals surface area contributed by atoms with E-state index in [9.17, 15) is 4.39 Å². The molecule has 1 nitrogen and oxygen atoms in total. The van der Waals surface area contributed by atoms with E-state index in [0.717, 1.165) is 66.5 Å². The SMILES string of the molecule is CC=CC1CCC(C2CCC(c3ccc(-c4ccc(-c5ccc(OCCCCCCCC)c(F)c5F)cc4)cc3F)CC2)CC1. The number of ether oxygens (including phenoxy) is 1. The van der Waals surface area contributed by atoms with E-state index >= 15 is 8.78 Å². The van der Waals surface area contributed by atoms with Gasteiger partial charge in [0.15, 0.2) is 11.6 Å². The van der Waals surface area contributed by atoms with Crippen LogP contribution in [0.3, 0.4) is 0 Å². The van der Waals surface area contributed by atoms with Gasteiger partial charge in [0.2, 0.25) is 5.82 Å². The van der Waals surface area contributed by atoms with Gasteiger partial charge in [-0.1, -0.05) is 87.6 Å². The molecule has 0 amide bonds. The van der Waals surface area contributed by atoms with Crippen LogP contribution in [-0.2, 0) is 0 Å². The van der Waals surface area contributed by atoms with E-state index in [1.165, 1.54) is 63.9 Å². The molecule has 2 saturated carbocycles. The molecule has 0 N–H and O–H groups in total. The summed E-state index contributed by atoms with van der Waals surface area (Å²) in [6.45, 7) is 4.68. The molecule has 0 unspecified atom stereocenters. The minimum absolute atomic E-state index is 0.0438. The molecule has 4 heteroatoms. The maximum atomic E-state index is 15.4. The quantitative estimate of drug-likeness (QED) is 0.137. The van der Waals surface area contributed by atoms with E-state index in [1.807, 2.05) is 24.3 Å². The van der Waals surface area contributed by atoms with Crippen LogP contribution in [-0.4, -0.2) is 6.61 Å². The molecule has 5 rings (SSSR count). The molecular formula is C41H51F3O. The molecule has 0 saturated heterocycles. The number of halogens is 3. The van der Waals surface area contributed by atoms with Crippen molar-refractivity contribution in [2.75, 3.05) is 6.61 Å². The Kier molecular flexibility index (Phi) is 12.2. The van der Waals surface area contributed by atoms with Gasteiger partial charge < -0.3 is 4.74 Å². The van der Waals surface area contributed by atoms with Gasteiger partial charge in [0.1, 0.15) is 5.82 Å². The molecule has 0 aliphatic heterocycles. The highest BCUT2D eigenvalue weighted by Gasteiger charge is 2.31. The van der Waals surface area contributed by atoms with Crippen LogP contribution in [0.2, 0.25) is 0 Å². The summed E-state index contributed by atoms with van der Waals surface area (Å²) in [6, 6.07) is 15.9. The molecule has 0 atom stereocenters. The molecule has 2 fully saturated rings. The van der Waals surface area contributed by atoms with E-state index in [1.54, 1.807) is 24.3 Å². The fourth-order valence-corrected chi connectivity index (χ4v) is 7.79. The van der Waals surface area contributed by atoms with Gasteiger partial charge in [-0.2, -0.15) is 4.39 Å². The van der Waals surface area contributed by atoms with Gasteiger partial charge in [0.25, 0.3) is 0 Å². The van der Waals surface area contributed by atoms with Crippen LogP contribution in [0.25, 0.3) is 22.3 Å². The van der Waals surface area contributed by atoms with Crippen LogP contribution >= 0.6 is 0 Å². The number of unbranched alkanes of at least 4 members (excludes halogenated alkanes) is 5. The lowest BCUT2D eigenvalue weighted by Gasteiger charge is -2.37. The van der Waals surface area contributed by atoms with Crippen LogP contribution in [0.5, 0.6) is 5.75 Å². The van der Waals surface area contributed by atoms with E-state index < -0.39 is 11.6 Å². The van der Waals surface area contributed by atoms with Crippen molar-refractivity contribution in [2.45, 2.75) is 110 Å². The molecule has 45 heavy (non-hydrogen) atoms. The first-order chi connectivity index (χ1) is 22.0. The lowest BCUT2D eigenvalue weighted by molar-refractivity contribution is 0.171. The largest absolute Gasteiger partial charge is 0.490 e. The van der Waals surface area contributed by atoms with Crippen molar-refractivity contribution in [1.29, 1.82) is 0 Å². The predicted molar refractivity (Wildman–Crippen MR) is 181 cm³/mol. The fourth-order valence-electron chi connectivity index (χ4n) is 7.79. The first kappa shape index (κ1) is 33.4. The summed E-state index contributed by atoms with van der Waals surface area (Å²) in [5.74, 6) is 0.638. The Balaban J connectivity index is 1.15. The Bertz CT molecular complexity index is 1380. The number of rotatable bonds is 13. The third-order valence-electron chi connectivity index (χ3n) is 10.5. The second kappa shape index (κ2) is 16.5. The first-order valence-corrected chi connectivity index (χ1v) is 17.6. The van der Waals surface area contributed by atoms with Crippen molar-refractivity contribution in [3.8, 4) is 28.0 Å². The van der Waals surface area contributed by atoms with Crippen molar-refractivity contribution < 1.29 is 17.9 Å². The lowest BCUT2D eigenvalue weighted by atomic mass is 9.68. The first-order valence-electron chi connectivity index (χ1n) is 17.6. The third kappa shape index (κ3) is 8.63. The number of hydrogen-bond acceptors (Lipinski definition) is 1. The Morgan fingerprint density at radius 2 is 1.29 bits per heavy atom. The van der Waals surface area contributed by atoms with Crippen molar-refractivity contribution in [3.05, 3.63) is 89.8 Å². The van der Waals surface area contributed by atoms with Crippen LogP contribution in [0.1, 0.15) is 115 Å². The molecule has 0 bridgehead atoms. The van der Waals surface area contributed by atoms with Gasteiger partial charge >= 0.3 is 0 Å². The average molecular weight is 617 g/mol. The van der Waals surface area contributed by atoms with E-state index in [-0.39, 0.29) is 23.0 Å². The molecule has 2 aliphatic rings. The maximum absolute atomic E-state index is 15.4. The summed E-state index contributed by atoms with van der Waals surface area (Å²) < 4.78 is 50.8. The zero-order chi connectivity index (χ0) is 31.6. The topological polar surface area (TPSA) is 9.23 Å². The highest BCUT2D eigenvalue weighted by Crippen LogP contribution is 2.45. The van der Waals surface area contributed by atoms with E-state index in [0.29, 0.717) is 12.2 Å². The molecule has 0 aromatic heterocycles. The Morgan fingerprint density at radius 3 is 1.96 bits per heavy atom. The summed E-state index contributed by atoms with van der Waals surface area (Å²) in [5, 5.41) is 0. The van der Waals surface area contributed by atoms with Gasteiger partial charge in [0, 0.05) is 5.56 Å². The van der Waals surface area contributed by atoms with Gasteiger partial charge in [-0.15, -0.1) is 0 Å². The smallest absolute Gasteiger partial charge is 0.201 e. The van der Waals surface area contributed by atoms with Crippen molar-refractivity contribution in [3.63, 3.8) is 0 Å². The summed E-state index contributed by atoms with van der Waals surface area (Å²) in [6.07, 6.45) is 21.0. The fraction of sp³-hybridized carbons (Fsp3) is 0.512. The summed E-state index contributed by atoms with van der Waals surface area (Å²) >= 11 is 0. The number of hydrogen-bond donors (Lipinski definition) is 0. The predicted octanol–water partition coefficient (Wildman–Crippen LogP) is 12.8. The Morgan fingerprint density at radius 1 is 0.667 bits per heavy atom. The average Bonchev–Trinajstić information content (AvgIpc) is 3.07. The highest BCUT2D eigenvalue weighted by molar-refractivity contribution is 5.71. The monoisotopic (exact) mass is 616 g/mol. The standard InChI is InChI=1S/C41H51F3O/c1-3-5-6-7-8-9-27-45-39-26-25-37(40(43)41(39)44)34-21-17-32(18-22-34)35-23-24-36(38(42)28-35)33-19-15-31(16-20-33)30-13-11-29(10-4-2)12-14-30/h4,10,17-18,21-26,28-31,33H,3,5-9,11-16,19-20,27H2,1-2H3. The molecule has 242 valence electrons. The summed E-state index contributed by atoms with van der Waals surface area (Å²) in [7, 11) is 0. The van der Waals surface area contributed by atoms with Gasteiger partial charge in [-0.3, -0.25) is 0 Å². The zero-order valence-electron chi connectivity index (χ0n) is 27.3. The molecule has 3 aromatic rings. The van der Waals surface area contributed by atoms with Gasteiger partial charge in [0.05, 0.1) is 6.61 Å². The second-order valence-corrected chi connectivity index (χ2v) is 13.5. The van der Waals surface area contributed by atoms with E-state index in [2.05, 4.69) is 26.0 Å². The number of benzene rings is 3. The lowest BCUT2D eigenvalue weighted by Crippen LogP contribution is -2.25. The summed E-state index contributed by atoms with van der Waals surface area (Å²) in [5.41, 5.74) is 3.23. The molecule has 0 radical (unpaired) electrons. The molecule has 0 spiro atoms. The normalized spacial score (nSPS) is 22.2. The minimum atomic E-state index is -0.953. The highest BCUT2D eigenvalue weighted by atomic mass is 19.2. The van der Waals surface area contributed by atoms with E-state index in [4.69, 9.17) is 4.74 Å². The zero-order valence-corrected chi connectivity index (χ0v) is 27.3. The van der Waals surface area contributed by atoms with Crippen LogP contribution < -0.4 is 4.74 Å². The van der Waals surface area contributed by atoms with Gasteiger partial charge in [-0.25, -0.2) is 8.78 Å². The number of allylic oxidation sites excluding steroid dienone is 2. The third-order valence-corrected chi connectivity index (χ3v) is 10.5. The van der Waals surface area contributed by atoms with Crippen molar-refractivity contribution in [1.82, 2.24) is 0 Å². The maximum Gasteiger partial charge on any atom is 0.201 e.